The van der Waals surface area contributed by atoms with Gasteiger partial charge in [0, 0.05) is 4.43 Å². The van der Waals surface area contributed by atoms with Crippen LogP contribution in [0.25, 0.3) is 0 Å². The second-order valence-corrected chi connectivity index (χ2v) is 8.54. The normalized spacial score (nSPS) is 35.1. The van der Waals surface area contributed by atoms with Gasteiger partial charge in [0.25, 0.3) is 0 Å². The fourth-order valence-electron chi connectivity index (χ4n) is 4.53. The molecule has 2 aliphatic carbocycles. The van der Waals surface area contributed by atoms with Crippen molar-refractivity contribution in [3.63, 3.8) is 0 Å². The Balaban J connectivity index is 1.58. The average molecular weight is 390 g/mol. The molecular formula is C19H35I. The molecule has 0 heterocycles. The zero-order valence-electron chi connectivity index (χ0n) is 13.6. The lowest BCUT2D eigenvalue weighted by Crippen LogP contribution is -2.21. The summed E-state index contributed by atoms with van der Waals surface area (Å²) < 4.78 is 1.40. The molecule has 20 heavy (non-hydrogen) atoms. The lowest BCUT2D eigenvalue weighted by atomic mass is 9.73. The Morgan fingerprint density at radius 1 is 0.700 bits per heavy atom. The third-order valence-electron chi connectivity index (χ3n) is 6.03. The van der Waals surface area contributed by atoms with E-state index in [2.05, 4.69) is 29.5 Å². The van der Waals surface area contributed by atoms with E-state index in [0.29, 0.717) is 0 Å². The van der Waals surface area contributed by atoms with Gasteiger partial charge in [-0.3, -0.25) is 0 Å². The molecule has 0 nitrogen and oxygen atoms in total. The third kappa shape index (κ3) is 5.85. The van der Waals surface area contributed by atoms with E-state index in [-0.39, 0.29) is 0 Å². The van der Waals surface area contributed by atoms with E-state index in [0.717, 1.165) is 23.7 Å². The SMILES string of the molecule is CCCCCC1CCC(CC2CCC(CI)CC2)CC1. The highest BCUT2D eigenvalue weighted by atomic mass is 127. The molecule has 0 amide bonds. The quantitative estimate of drug-likeness (QED) is 0.249. The number of hydrogen-bond acceptors (Lipinski definition) is 0. The number of alkyl halides is 1. The van der Waals surface area contributed by atoms with Crippen molar-refractivity contribution in [2.45, 2.75) is 90.4 Å². The van der Waals surface area contributed by atoms with Crippen LogP contribution in [-0.2, 0) is 0 Å². The van der Waals surface area contributed by atoms with E-state index in [1.807, 2.05) is 0 Å². The molecule has 2 rings (SSSR count). The summed E-state index contributed by atoms with van der Waals surface area (Å²) in [5.41, 5.74) is 0. The van der Waals surface area contributed by atoms with Crippen LogP contribution in [0.5, 0.6) is 0 Å². The van der Waals surface area contributed by atoms with Crippen LogP contribution in [0.1, 0.15) is 90.4 Å². The maximum absolute atomic E-state index is 2.58. The molecule has 0 N–H and O–H groups in total. The predicted octanol–water partition coefficient (Wildman–Crippen LogP) is 7.00. The highest BCUT2D eigenvalue weighted by Gasteiger charge is 2.26. The van der Waals surface area contributed by atoms with E-state index < -0.39 is 0 Å². The van der Waals surface area contributed by atoms with Gasteiger partial charge in [0.2, 0.25) is 0 Å². The Morgan fingerprint density at radius 3 is 1.70 bits per heavy atom. The van der Waals surface area contributed by atoms with E-state index in [1.54, 1.807) is 44.9 Å². The molecule has 2 aliphatic rings. The van der Waals surface area contributed by atoms with Gasteiger partial charge in [0.05, 0.1) is 0 Å². The van der Waals surface area contributed by atoms with Gasteiger partial charge in [-0.05, 0) is 42.9 Å². The predicted molar refractivity (Wildman–Crippen MR) is 98.5 cm³/mol. The van der Waals surface area contributed by atoms with Crippen molar-refractivity contribution in [2.24, 2.45) is 23.7 Å². The van der Waals surface area contributed by atoms with Gasteiger partial charge in [-0.25, -0.2) is 0 Å². The largest absolute Gasteiger partial charge is 0.0861 e. The molecule has 0 aliphatic heterocycles. The number of halogens is 1. The summed E-state index contributed by atoms with van der Waals surface area (Å²) in [6, 6.07) is 0. The minimum Gasteiger partial charge on any atom is -0.0861 e. The van der Waals surface area contributed by atoms with Gasteiger partial charge in [-0.15, -0.1) is 0 Å². The monoisotopic (exact) mass is 390 g/mol. The fourth-order valence-corrected chi connectivity index (χ4v) is 5.41. The topological polar surface area (TPSA) is 0 Å². The summed E-state index contributed by atoms with van der Waals surface area (Å²) in [7, 11) is 0. The van der Waals surface area contributed by atoms with Crippen LogP contribution in [0.15, 0.2) is 0 Å². The summed E-state index contributed by atoms with van der Waals surface area (Å²) in [6.45, 7) is 2.32. The summed E-state index contributed by atoms with van der Waals surface area (Å²) in [5, 5.41) is 0. The molecule has 0 aromatic carbocycles. The van der Waals surface area contributed by atoms with Crippen molar-refractivity contribution >= 4 is 22.6 Å². The van der Waals surface area contributed by atoms with Crippen LogP contribution >= 0.6 is 22.6 Å². The maximum Gasteiger partial charge on any atom is 0.00237 e. The summed E-state index contributed by atoms with van der Waals surface area (Å²) in [5.74, 6) is 4.34. The molecule has 2 saturated carbocycles. The van der Waals surface area contributed by atoms with Gasteiger partial charge in [0.1, 0.15) is 0 Å². The lowest BCUT2D eigenvalue weighted by Gasteiger charge is -2.34. The van der Waals surface area contributed by atoms with Crippen molar-refractivity contribution in [1.29, 1.82) is 0 Å². The van der Waals surface area contributed by atoms with Crippen LogP contribution in [-0.4, -0.2) is 4.43 Å². The zero-order chi connectivity index (χ0) is 14.2. The molecule has 0 spiro atoms. The van der Waals surface area contributed by atoms with Crippen LogP contribution in [0.2, 0.25) is 0 Å². The Hall–Kier alpha value is 0.730. The minimum absolute atomic E-state index is 1.06. The zero-order valence-corrected chi connectivity index (χ0v) is 15.7. The Morgan fingerprint density at radius 2 is 1.20 bits per heavy atom. The molecule has 0 bridgehead atoms. The van der Waals surface area contributed by atoms with Crippen molar-refractivity contribution in [3.05, 3.63) is 0 Å². The highest BCUT2D eigenvalue weighted by molar-refractivity contribution is 14.1. The number of unbranched alkanes of at least 4 members (excludes halogenated alkanes) is 2. The molecule has 0 radical (unpaired) electrons. The molecule has 0 unspecified atom stereocenters. The third-order valence-corrected chi connectivity index (χ3v) is 7.28. The summed E-state index contributed by atoms with van der Waals surface area (Å²) in [4.78, 5) is 0. The fraction of sp³-hybridized carbons (Fsp3) is 1.00. The number of rotatable bonds is 7. The van der Waals surface area contributed by atoms with Crippen LogP contribution in [0.4, 0.5) is 0 Å². The Bertz CT molecular complexity index is 234. The van der Waals surface area contributed by atoms with Crippen molar-refractivity contribution in [3.8, 4) is 0 Å². The maximum atomic E-state index is 2.58. The molecule has 1 heteroatoms. The summed E-state index contributed by atoms with van der Waals surface area (Å²) >= 11 is 2.58. The Labute approximate surface area is 141 Å². The molecule has 0 atom stereocenters. The number of hydrogen-bond donors (Lipinski definition) is 0. The summed E-state index contributed by atoms with van der Waals surface area (Å²) in [6.07, 6.45) is 19.8. The van der Waals surface area contributed by atoms with Gasteiger partial charge >= 0.3 is 0 Å². The van der Waals surface area contributed by atoms with E-state index in [4.69, 9.17) is 0 Å². The van der Waals surface area contributed by atoms with Gasteiger partial charge in [0.15, 0.2) is 0 Å². The highest BCUT2D eigenvalue weighted by Crippen LogP contribution is 2.39. The van der Waals surface area contributed by atoms with E-state index >= 15 is 0 Å². The molecular weight excluding hydrogens is 355 g/mol. The minimum atomic E-state index is 1.06. The molecule has 0 saturated heterocycles. The smallest absolute Gasteiger partial charge is 0.00237 e. The first-order valence-corrected chi connectivity index (χ1v) is 10.9. The standard InChI is InChI=1S/C19H35I/c1-2-3-4-5-16-6-8-17(9-7-16)14-18-10-12-19(15-20)13-11-18/h16-19H,2-15H2,1H3. The first-order valence-electron chi connectivity index (χ1n) is 9.37. The van der Waals surface area contributed by atoms with Gasteiger partial charge in [-0.1, -0.05) is 93.7 Å². The molecule has 2 fully saturated rings. The molecule has 0 aromatic heterocycles. The van der Waals surface area contributed by atoms with Crippen LogP contribution in [0, 0.1) is 23.7 Å². The van der Waals surface area contributed by atoms with Crippen LogP contribution < -0.4 is 0 Å². The average Bonchev–Trinajstić information content (AvgIpc) is 2.50. The molecule has 118 valence electrons. The van der Waals surface area contributed by atoms with Crippen molar-refractivity contribution < 1.29 is 0 Å². The van der Waals surface area contributed by atoms with Gasteiger partial charge < -0.3 is 0 Å². The second kappa shape index (κ2) is 9.69. The van der Waals surface area contributed by atoms with E-state index in [1.165, 1.54) is 43.0 Å². The van der Waals surface area contributed by atoms with E-state index in [9.17, 15) is 0 Å². The van der Waals surface area contributed by atoms with Crippen molar-refractivity contribution in [2.75, 3.05) is 4.43 Å². The van der Waals surface area contributed by atoms with Crippen LogP contribution in [0.3, 0.4) is 0 Å². The second-order valence-electron chi connectivity index (χ2n) is 7.66. The first kappa shape index (κ1) is 17.1. The molecule has 0 aromatic rings. The van der Waals surface area contributed by atoms with Crippen molar-refractivity contribution in [1.82, 2.24) is 0 Å². The first-order chi connectivity index (χ1) is 9.81. The Kier molecular flexibility index (Phi) is 8.28. The van der Waals surface area contributed by atoms with Gasteiger partial charge in [-0.2, -0.15) is 0 Å². The lowest BCUT2D eigenvalue weighted by molar-refractivity contribution is 0.192.